The first-order valence-corrected chi connectivity index (χ1v) is 3.72. The Morgan fingerprint density at radius 1 is 1.89 bits per heavy atom. The summed E-state index contributed by atoms with van der Waals surface area (Å²) in [5, 5.41) is 0.562. The fraction of sp³-hybridized carbons (Fsp3) is 0.333. The lowest BCUT2D eigenvalue weighted by molar-refractivity contribution is 0.376. The Morgan fingerprint density at radius 3 is 2.78 bits per heavy atom. The Hall–Kier alpha value is -0.460. The highest BCUT2D eigenvalue weighted by atomic mass is 31.1. The quantitative estimate of drug-likeness (QED) is 0.448. The molecule has 0 N–H and O–H groups in total. The van der Waals surface area contributed by atoms with Crippen molar-refractivity contribution in [1.29, 1.82) is 0 Å². The number of allylic oxidation sites excluding steroid dienone is 1. The van der Waals surface area contributed by atoms with Crippen molar-refractivity contribution in [2.45, 2.75) is 6.92 Å². The zero-order chi connectivity index (χ0) is 7.28. The molecule has 0 rings (SSSR count). The molecule has 0 aromatic heterocycles. The van der Waals surface area contributed by atoms with E-state index < -0.39 is 8.03 Å². The minimum Gasteiger partial charge on any atom is -0.138 e. The highest BCUT2D eigenvalue weighted by molar-refractivity contribution is 7.44. The molecule has 0 saturated carbocycles. The van der Waals surface area contributed by atoms with Crippen LogP contribution in [0.5, 0.6) is 0 Å². The number of hydrogen-bond acceptors (Lipinski definition) is 2. The Morgan fingerprint density at radius 2 is 2.44 bits per heavy atom. The molecule has 0 fully saturated rings. The highest BCUT2D eigenvalue weighted by Gasteiger charge is 2.16. The van der Waals surface area contributed by atoms with Gasteiger partial charge in [0.05, 0.1) is 0 Å². The lowest BCUT2D eigenvalue weighted by atomic mass is 10.7. The minimum atomic E-state index is -1.66. The van der Waals surface area contributed by atoms with Gasteiger partial charge >= 0.3 is 8.03 Å². The van der Waals surface area contributed by atoms with E-state index in [4.69, 9.17) is 4.52 Å². The zero-order valence-electron chi connectivity index (χ0n) is 5.46. The van der Waals surface area contributed by atoms with Crippen molar-refractivity contribution in [1.82, 2.24) is 0 Å². The maximum atomic E-state index is 10.7. The summed E-state index contributed by atoms with van der Waals surface area (Å²) in [7, 11) is -1.66. The van der Waals surface area contributed by atoms with Gasteiger partial charge in [-0.1, -0.05) is 6.08 Å². The van der Waals surface area contributed by atoms with E-state index >= 15 is 0 Å². The summed E-state index contributed by atoms with van der Waals surface area (Å²) < 4.78 is 15.4. The van der Waals surface area contributed by atoms with Crippen LogP contribution in [-0.4, -0.2) is 6.61 Å². The van der Waals surface area contributed by atoms with E-state index in [1.165, 1.54) is 0 Å². The fourth-order valence-electron chi connectivity index (χ4n) is 0.231. The summed E-state index contributed by atoms with van der Waals surface area (Å²) in [6.45, 7) is 8.86. The molecule has 0 bridgehead atoms. The third-order valence-corrected chi connectivity index (χ3v) is 1.63. The predicted octanol–water partition coefficient (Wildman–Crippen LogP) is 2.47. The standard InChI is InChI=1S/C6H10O2P/c1-4-5-8-9(7)6(2)3/h4H,1-2,5H2,3H3/q+1. The van der Waals surface area contributed by atoms with E-state index in [1.807, 2.05) is 0 Å². The summed E-state index contributed by atoms with van der Waals surface area (Å²) in [6, 6.07) is 0. The van der Waals surface area contributed by atoms with E-state index in [0.717, 1.165) is 0 Å². The van der Waals surface area contributed by atoms with Crippen molar-refractivity contribution in [2.24, 2.45) is 0 Å². The first kappa shape index (κ1) is 8.54. The van der Waals surface area contributed by atoms with Gasteiger partial charge in [0.15, 0.2) is 5.31 Å². The first-order valence-electron chi connectivity index (χ1n) is 2.55. The maximum absolute atomic E-state index is 10.7. The van der Waals surface area contributed by atoms with Crippen LogP contribution in [0.25, 0.3) is 0 Å². The third-order valence-electron chi connectivity index (χ3n) is 0.621. The molecule has 0 aliphatic heterocycles. The predicted molar refractivity (Wildman–Crippen MR) is 38.6 cm³/mol. The van der Waals surface area contributed by atoms with Crippen LogP contribution in [0.1, 0.15) is 6.92 Å². The molecule has 0 aliphatic rings. The number of rotatable bonds is 4. The number of hydrogen-bond donors (Lipinski definition) is 0. The summed E-state index contributed by atoms with van der Waals surface area (Å²) in [5.41, 5.74) is 0. The van der Waals surface area contributed by atoms with Crippen LogP contribution in [0.2, 0.25) is 0 Å². The van der Waals surface area contributed by atoms with E-state index in [9.17, 15) is 4.57 Å². The molecule has 0 spiro atoms. The second kappa shape index (κ2) is 4.42. The van der Waals surface area contributed by atoms with Crippen LogP contribution in [-0.2, 0) is 9.09 Å². The van der Waals surface area contributed by atoms with E-state index in [1.54, 1.807) is 13.0 Å². The van der Waals surface area contributed by atoms with Crippen LogP contribution >= 0.6 is 8.03 Å². The molecule has 9 heavy (non-hydrogen) atoms. The molecule has 0 aromatic carbocycles. The normalized spacial score (nSPS) is 10.6. The van der Waals surface area contributed by atoms with Gasteiger partial charge in [0.25, 0.3) is 0 Å². The lowest BCUT2D eigenvalue weighted by Gasteiger charge is -1.80. The Kier molecular flexibility index (Phi) is 4.20. The molecule has 0 saturated heterocycles. The van der Waals surface area contributed by atoms with Gasteiger partial charge in [0, 0.05) is 6.92 Å². The molecular formula is C6H10O2P+. The van der Waals surface area contributed by atoms with E-state index in [2.05, 4.69) is 13.2 Å². The molecule has 0 aliphatic carbocycles. The summed E-state index contributed by atoms with van der Waals surface area (Å²) in [4.78, 5) is 0. The van der Waals surface area contributed by atoms with Gasteiger partial charge in [-0.15, -0.1) is 11.1 Å². The Balaban J connectivity index is 3.51. The molecule has 3 heteroatoms. The molecule has 0 heterocycles. The van der Waals surface area contributed by atoms with Crippen LogP contribution in [0.3, 0.4) is 0 Å². The molecule has 1 unspecified atom stereocenters. The van der Waals surface area contributed by atoms with Gasteiger partial charge in [-0.3, -0.25) is 0 Å². The van der Waals surface area contributed by atoms with E-state index in [0.29, 0.717) is 11.9 Å². The lowest BCUT2D eigenvalue weighted by Crippen LogP contribution is -1.78. The van der Waals surface area contributed by atoms with Gasteiger partial charge in [-0.25, -0.2) is 0 Å². The van der Waals surface area contributed by atoms with Crippen LogP contribution in [0.15, 0.2) is 24.5 Å². The Bertz CT molecular complexity index is 140. The fourth-order valence-corrected chi connectivity index (χ4v) is 0.692. The van der Waals surface area contributed by atoms with Gasteiger partial charge < -0.3 is 0 Å². The summed E-state index contributed by atoms with van der Waals surface area (Å²) in [6.07, 6.45) is 1.55. The second-order valence-corrected chi connectivity index (χ2v) is 3.11. The zero-order valence-corrected chi connectivity index (χ0v) is 6.36. The van der Waals surface area contributed by atoms with Gasteiger partial charge in [0.1, 0.15) is 6.61 Å². The maximum Gasteiger partial charge on any atom is 0.543 e. The van der Waals surface area contributed by atoms with Crippen LogP contribution < -0.4 is 0 Å². The first-order chi connectivity index (χ1) is 4.18. The second-order valence-electron chi connectivity index (χ2n) is 1.58. The molecular weight excluding hydrogens is 135 g/mol. The SMILES string of the molecule is C=CCO[P+](=O)C(=C)C. The third kappa shape index (κ3) is 4.07. The van der Waals surface area contributed by atoms with Gasteiger partial charge in [0.2, 0.25) is 0 Å². The smallest absolute Gasteiger partial charge is 0.138 e. The van der Waals surface area contributed by atoms with Crippen LogP contribution in [0.4, 0.5) is 0 Å². The van der Waals surface area contributed by atoms with Gasteiger partial charge in [-0.05, 0) is 11.1 Å². The molecule has 0 aromatic rings. The minimum absolute atomic E-state index is 0.321. The Labute approximate surface area is 56.1 Å². The van der Waals surface area contributed by atoms with Crippen molar-refractivity contribution in [3.63, 3.8) is 0 Å². The van der Waals surface area contributed by atoms with E-state index in [-0.39, 0.29) is 0 Å². The molecule has 0 amide bonds. The van der Waals surface area contributed by atoms with Crippen molar-refractivity contribution in [2.75, 3.05) is 6.61 Å². The van der Waals surface area contributed by atoms with Crippen LogP contribution in [0, 0.1) is 0 Å². The summed E-state index contributed by atoms with van der Waals surface area (Å²) >= 11 is 0. The molecule has 50 valence electrons. The molecule has 2 nitrogen and oxygen atoms in total. The van der Waals surface area contributed by atoms with Crippen molar-refractivity contribution in [3.05, 3.63) is 24.5 Å². The molecule has 0 radical (unpaired) electrons. The monoisotopic (exact) mass is 145 g/mol. The van der Waals surface area contributed by atoms with Crippen molar-refractivity contribution >= 4 is 8.03 Å². The largest absolute Gasteiger partial charge is 0.543 e. The van der Waals surface area contributed by atoms with Crippen molar-refractivity contribution < 1.29 is 9.09 Å². The van der Waals surface area contributed by atoms with Gasteiger partial charge in [-0.2, -0.15) is 0 Å². The average Bonchev–Trinajstić information content (AvgIpc) is 1.82. The topological polar surface area (TPSA) is 26.3 Å². The summed E-state index contributed by atoms with van der Waals surface area (Å²) in [5.74, 6) is 0. The van der Waals surface area contributed by atoms with Crippen molar-refractivity contribution in [3.8, 4) is 0 Å². The highest BCUT2D eigenvalue weighted by Crippen LogP contribution is 2.30. The molecule has 1 atom stereocenters. The average molecular weight is 145 g/mol.